The molecule has 2 rings (SSSR count). The van der Waals surface area contributed by atoms with E-state index in [9.17, 15) is 0 Å². The predicted molar refractivity (Wildman–Crippen MR) is 79.0 cm³/mol. The van der Waals surface area contributed by atoms with Gasteiger partial charge in [0.05, 0.1) is 5.52 Å². The minimum absolute atomic E-state index is 0.304. The number of aliphatic hydroxyl groups excluding tert-OH is 1. The lowest BCUT2D eigenvalue weighted by atomic mass is 10.1. The Bertz CT molecular complexity index is 508. The van der Waals surface area contributed by atoms with Gasteiger partial charge in [0.25, 0.3) is 0 Å². The highest BCUT2D eigenvalue weighted by Crippen LogP contribution is 2.17. The predicted octanol–water partition coefficient (Wildman–Crippen LogP) is 2.83. The summed E-state index contributed by atoms with van der Waals surface area (Å²) in [5.74, 6) is 0. The van der Waals surface area contributed by atoms with Crippen LogP contribution in [0, 0.1) is 0 Å². The van der Waals surface area contributed by atoms with Crippen molar-refractivity contribution in [2.75, 3.05) is 20.2 Å². The van der Waals surface area contributed by atoms with Gasteiger partial charge in [-0.15, -0.1) is 0 Å². The van der Waals surface area contributed by atoms with Gasteiger partial charge in [0.2, 0.25) is 0 Å². The van der Waals surface area contributed by atoms with Gasteiger partial charge in [0.15, 0.2) is 0 Å². The van der Waals surface area contributed by atoms with Gasteiger partial charge in [-0.1, -0.05) is 18.2 Å². The molecule has 0 saturated carbocycles. The van der Waals surface area contributed by atoms with Crippen LogP contribution in [0.25, 0.3) is 10.9 Å². The van der Waals surface area contributed by atoms with Crippen molar-refractivity contribution in [3.63, 3.8) is 0 Å². The second-order valence-electron chi connectivity index (χ2n) is 5.01. The summed E-state index contributed by atoms with van der Waals surface area (Å²) in [5, 5.41) is 10.0. The largest absolute Gasteiger partial charge is 0.396 e. The number of benzene rings is 1. The van der Waals surface area contributed by atoms with E-state index in [1.165, 1.54) is 10.9 Å². The number of fused-ring (bicyclic) bond motifs is 1. The maximum Gasteiger partial charge on any atom is 0.0705 e. The Morgan fingerprint density at radius 3 is 2.79 bits per heavy atom. The third-order valence-electron chi connectivity index (χ3n) is 3.38. The van der Waals surface area contributed by atoms with Gasteiger partial charge in [0, 0.05) is 24.7 Å². The molecule has 2 aromatic rings. The molecule has 0 bridgehead atoms. The molecule has 1 aromatic heterocycles. The Morgan fingerprint density at radius 2 is 1.95 bits per heavy atom. The first-order valence-corrected chi connectivity index (χ1v) is 6.93. The van der Waals surface area contributed by atoms with Gasteiger partial charge in [-0.05, 0) is 50.6 Å². The van der Waals surface area contributed by atoms with Crippen LogP contribution in [-0.2, 0) is 6.54 Å². The summed E-state index contributed by atoms with van der Waals surface area (Å²) in [7, 11) is 2.15. The number of hydrogen-bond acceptors (Lipinski definition) is 3. The van der Waals surface area contributed by atoms with Gasteiger partial charge in [-0.2, -0.15) is 0 Å². The molecular formula is C16H22N2O. The summed E-state index contributed by atoms with van der Waals surface area (Å²) in [6.07, 6.45) is 5.03. The van der Waals surface area contributed by atoms with Crippen LogP contribution in [-0.4, -0.2) is 35.2 Å². The lowest BCUT2D eigenvalue weighted by molar-refractivity contribution is 0.271. The SMILES string of the molecule is CN(CCCCCO)Cc1ccnc2ccccc12. The molecule has 0 atom stereocenters. The van der Waals surface area contributed by atoms with Crippen LogP contribution in [0.15, 0.2) is 36.5 Å². The van der Waals surface area contributed by atoms with E-state index < -0.39 is 0 Å². The molecule has 19 heavy (non-hydrogen) atoms. The zero-order valence-corrected chi connectivity index (χ0v) is 11.5. The normalized spacial score (nSPS) is 11.3. The van der Waals surface area contributed by atoms with Crippen molar-refractivity contribution < 1.29 is 5.11 Å². The minimum atomic E-state index is 0.304. The summed E-state index contributed by atoms with van der Waals surface area (Å²) in [6, 6.07) is 10.4. The summed E-state index contributed by atoms with van der Waals surface area (Å²) >= 11 is 0. The molecule has 0 amide bonds. The Morgan fingerprint density at radius 1 is 1.11 bits per heavy atom. The molecule has 0 spiro atoms. The number of nitrogens with zero attached hydrogens (tertiary/aromatic N) is 2. The van der Waals surface area contributed by atoms with Crippen molar-refractivity contribution in [1.29, 1.82) is 0 Å². The number of hydrogen-bond donors (Lipinski definition) is 1. The Kier molecular flexibility index (Phi) is 5.31. The van der Waals surface area contributed by atoms with E-state index in [2.05, 4.69) is 41.2 Å². The first-order valence-electron chi connectivity index (χ1n) is 6.93. The smallest absolute Gasteiger partial charge is 0.0705 e. The zero-order valence-electron chi connectivity index (χ0n) is 11.5. The van der Waals surface area contributed by atoms with E-state index in [1.807, 2.05) is 12.3 Å². The highest BCUT2D eigenvalue weighted by Gasteiger charge is 2.04. The van der Waals surface area contributed by atoms with Gasteiger partial charge < -0.3 is 10.0 Å². The van der Waals surface area contributed by atoms with E-state index in [4.69, 9.17) is 5.11 Å². The quantitative estimate of drug-likeness (QED) is 0.776. The third-order valence-corrected chi connectivity index (χ3v) is 3.38. The number of aliphatic hydroxyl groups is 1. The van der Waals surface area contributed by atoms with Crippen LogP contribution in [0.5, 0.6) is 0 Å². The molecule has 0 aliphatic rings. The average Bonchev–Trinajstić information content (AvgIpc) is 2.44. The van der Waals surface area contributed by atoms with Crippen LogP contribution in [0.3, 0.4) is 0 Å². The van der Waals surface area contributed by atoms with E-state index in [0.717, 1.165) is 37.9 Å². The van der Waals surface area contributed by atoms with Crippen molar-refractivity contribution in [2.45, 2.75) is 25.8 Å². The van der Waals surface area contributed by atoms with Crippen molar-refractivity contribution in [2.24, 2.45) is 0 Å². The highest BCUT2D eigenvalue weighted by atomic mass is 16.2. The van der Waals surface area contributed by atoms with E-state index >= 15 is 0 Å². The molecular weight excluding hydrogens is 236 g/mol. The number of para-hydroxylation sites is 1. The Labute approximate surface area is 114 Å². The fourth-order valence-electron chi connectivity index (χ4n) is 2.33. The number of rotatable bonds is 7. The second kappa shape index (κ2) is 7.22. The van der Waals surface area contributed by atoms with E-state index in [1.54, 1.807) is 0 Å². The molecule has 0 fully saturated rings. The lowest BCUT2D eigenvalue weighted by Crippen LogP contribution is -2.19. The molecule has 0 radical (unpaired) electrons. The molecule has 1 aromatic carbocycles. The van der Waals surface area contributed by atoms with Crippen molar-refractivity contribution >= 4 is 10.9 Å². The van der Waals surface area contributed by atoms with Crippen LogP contribution in [0.1, 0.15) is 24.8 Å². The van der Waals surface area contributed by atoms with Crippen LogP contribution in [0.4, 0.5) is 0 Å². The summed E-state index contributed by atoms with van der Waals surface area (Å²) in [4.78, 5) is 6.72. The van der Waals surface area contributed by atoms with E-state index in [-0.39, 0.29) is 0 Å². The van der Waals surface area contributed by atoms with Crippen molar-refractivity contribution in [3.8, 4) is 0 Å². The highest BCUT2D eigenvalue weighted by molar-refractivity contribution is 5.81. The lowest BCUT2D eigenvalue weighted by Gasteiger charge is -2.17. The third kappa shape index (κ3) is 4.01. The standard InChI is InChI=1S/C16H22N2O/c1-18(11-5-2-6-12-19)13-14-9-10-17-16-8-4-3-7-15(14)16/h3-4,7-10,19H,2,5-6,11-13H2,1H3. The molecule has 102 valence electrons. The van der Waals surface area contributed by atoms with E-state index in [0.29, 0.717) is 6.61 Å². The number of aromatic nitrogens is 1. The molecule has 0 saturated heterocycles. The van der Waals surface area contributed by atoms with Crippen molar-refractivity contribution in [3.05, 3.63) is 42.1 Å². The topological polar surface area (TPSA) is 36.4 Å². The van der Waals surface area contributed by atoms with Crippen LogP contribution in [0.2, 0.25) is 0 Å². The first-order chi connectivity index (χ1) is 9.31. The van der Waals surface area contributed by atoms with Gasteiger partial charge in [-0.25, -0.2) is 0 Å². The number of pyridine rings is 1. The van der Waals surface area contributed by atoms with Crippen LogP contribution >= 0.6 is 0 Å². The second-order valence-corrected chi connectivity index (χ2v) is 5.01. The molecule has 0 unspecified atom stereocenters. The maximum atomic E-state index is 8.76. The Hall–Kier alpha value is -1.45. The summed E-state index contributed by atoms with van der Waals surface area (Å²) in [5.41, 5.74) is 2.39. The molecule has 0 aliphatic heterocycles. The van der Waals surface area contributed by atoms with Crippen molar-refractivity contribution in [1.82, 2.24) is 9.88 Å². The summed E-state index contributed by atoms with van der Waals surface area (Å²) < 4.78 is 0. The Balaban J connectivity index is 1.97. The molecule has 1 heterocycles. The molecule has 0 aliphatic carbocycles. The van der Waals surface area contributed by atoms with Gasteiger partial charge >= 0.3 is 0 Å². The fourth-order valence-corrected chi connectivity index (χ4v) is 2.33. The first kappa shape index (κ1) is 14.0. The van der Waals surface area contributed by atoms with Crippen LogP contribution < -0.4 is 0 Å². The number of unbranched alkanes of at least 4 members (excludes halogenated alkanes) is 2. The monoisotopic (exact) mass is 258 g/mol. The minimum Gasteiger partial charge on any atom is -0.396 e. The average molecular weight is 258 g/mol. The molecule has 3 nitrogen and oxygen atoms in total. The van der Waals surface area contributed by atoms with Gasteiger partial charge in [0.1, 0.15) is 0 Å². The van der Waals surface area contributed by atoms with Gasteiger partial charge in [-0.3, -0.25) is 4.98 Å². The zero-order chi connectivity index (χ0) is 13.5. The fraction of sp³-hybridized carbons (Fsp3) is 0.438. The maximum absolute atomic E-state index is 8.76. The molecule has 3 heteroatoms. The molecule has 1 N–H and O–H groups in total. The summed E-state index contributed by atoms with van der Waals surface area (Å²) in [6.45, 7) is 2.32.